The third-order valence-electron chi connectivity index (χ3n) is 3.30. The van der Waals surface area contributed by atoms with Crippen LogP contribution in [0.15, 0.2) is 24.3 Å². The molecule has 0 bridgehead atoms. The molecule has 0 unspecified atom stereocenters. The van der Waals surface area contributed by atoms with Gasteiger partial charge in [-0.15, -0.1) is 0 Å². The van der Waals surface area contributed by atoms with Gasteiger partial charge in [-0.1, -0.05) is 13.3 Å². The first-order valence-electron chi connectivity index (χ1n) is 7.08. The van der Waals surface area contributed by atoms with Gasteiger partial charge in [-0.05, 0) is 31.5 Å². The first-order valence-corrected chi connectivity index (χ1v) is 7.08. The highest BCUT2D eigenvalue weighted by Crippen LogP contribution is 2.37. The summed E-state index contributed by atoms with van der Waals surface area (Å²) in [6, 6.07) is 4.17. The minimum Gasteiger partial charge on any atom is -0.463 e. The van der Waals surface area contributed by atoms with E-state index in [-0.39, 0.29) is 18.1 Å². The summed E-state index contributed by atoms with van der Waals surface area (Å²) in [5.41, 5.74) is 1.29. The van der Waals surface area contributed by atoms with Crippen LogP contribution in [0, 0.1) is 5.82 Å². The quantitative estimate of drug-likeness (QED) is 0.619. The lowest BCUT2D eigenvalue weighted by molar-refractivity contribution is -0.137. The minimum atomic E-state index is -0.589. The molecule has 1 aromatic rings. The minimum absolute atomic E-state index is 0.194. The molecule has 1 heterocycles. The van der Waals surface area contributed by atoms with Gasteiger partial charge in [0.05, 0.1) is 17.9 Å². The monoisotopic (exact) mass is 291 g/mol. The zero-order valence-electron chi connectivity index (χ0n) is 12.2. The molecule has 1 aromatic carbocycles. The van der Waals surface area contributed by atoms with Crippen LogP contribution >= 0.6 is 0 Å². The number of anilines is 1. The average Bonchev–Trinajstić information content (AvgIpc) is 2.69. The van der Waals surface area contributed by atoms with Crippen LogP contribution in [-0.2, 0) is 14.3 Å². The van der Waals surface area contributed by atoms with E-state index in [0.29, 0.717) is 17.8 Å². The number of hydrogen-bond donors (Lipinski definition) is 0. The Kier molecular flexibility index (Phi) is 4.73. The highest BCUT2D eigenvalue weighted by molar-refractivity contribution is 6.34. The lowest BCUT2D eigenvalue weighted by Crippen LogP contribution is -2.27. The molecule has 0 N–H and O–H groups in total. The summed E-state index contributed by atoms with van der Waals surface area (Å²) in [7, 11) is 0. The van der Waals surface area contributed by atoms with Crippen LogP contribution in [0.2, 0.25) is 0 Å². The van der Waals surface area contributed by atoms with E-state index in [1.165, 1.54) is 12.1 Å². The Morgan fingerprint density at radius 2 is 2.14 bits per heavy atom. The van der Waals surface area contributed by atoms with Crippen molar-refractivity contribution in [3.8, 4) is 0 Å². The number of esters is 1. The SMILES string of the molecule is CCCCN1C(=O)/C(=C/C(=O)OCC)c2cc(F)ccc21. The summed E-state index contributed by atoms with van der Waals surface area (Å²) in [4.78, 5) is 25.6. The molecule has 0 spiro atoms. The number of carbonyl (C=O) groups excluding carboxylic acids is 2. The Hall–Kier alpha value is -2.17. The molecule has 0 saturated heterocycles. The maximum atomic E-state index is 13.5. The number of rotatable bonds is 5. The first kappa shape index (κ1) is 15.2. The van der Waals surface area contributed by atoms with E-state index in [9.17, 15) is 14.0 Å². The van der Waals surface area contributed by atoms with Gasteiger partial charge in [-0.25, -0.2) is 9.18 Å². The van der Waals surface area contributed by atoms with E-state index >= 15 is 0 Å². The standard InChI is InChI=1S/C16H18FNO3/c1-3-5-8-18-14-7-6-11(17)9-12(14)13(16(18)20)10-15(19)21-4-2/h6-7,9-10H,3-5,8H2,1-2H3/b13-10+. The van der Waals surface area contributed by atoms with Gasteiger partial charge in [0.25, 0.3) is 5.91 Å². The highest BCUT2D eigenvalue weighted by atomic mass is 19.1. The second-order valence-electron chi connectivity index (χ2n) is 4.78. The Morgan fingerprint density at radius 3 is 2.81 bits per heavy atom. The van der Waals surface area contributed by atoms with Gasteiger partial charge in [0.15, 0.2) is 0 Å². The molecule has 0 radical (unpaired) electrons. The highest BCUT2D eigenvalue weighted by Gasteiger charge is 2.32. The molecular formula is C16H18FNO3. The molecule has 1 aliphatic rings. The molecule has 0 aromatic heterocycles. The number of amides is 1. The average molecular weight is 291 g/mol. The number of unbranched alkanes of at least 4 members (excludes halogenated alkanes) is 1. The molecule has 112 valence electrons. The van der Waals surface area contributed by atoms with Gasteiger partial charge < -0.3 is 9.64 Å². The Labute approximate surface area is 123 Å². The molecular weight excluding hydrogens is 273 g/mol. The van der Waals surface area contributed by atoms with E-state index in [2.05, 4.69) is 0 Å². The Morgan fingerprint density at radius 1 is 1.38 bits per heavy atom. The van der Waals surface area contributed by atoms with Gasteiger partial charge in [0.2, 0.25) is 0 Å². The van der Waals surface area contributed by atoms with Crippen molar-refractivity contribution < 1.29 is 18.7 Å². The normalized spacial score (nSPS) is 15.5. The van der Waals surface area contributed by atoms with Gasteiger partial charge >= 0.3 is 5.97 Å². The number of hydrogen-bond acceptors (Lipinski definition) is 3. The van der Waals surface area contributed by atoms with E-state index in [0.717, 1.165) is 18.9 Å². The molecule has 0 atom stereocenters. The summed E-state index contributed by atoms with van der Waals surface area (Å²) in [5, 5.41) is 0. The molecule has 2 rings (SSSR count). The largest absolute Gasteiger partial charge is 0.463 e. The topological polar surface area (TPSA) is 46.6 Å². The second-order valence-corrected chi connectivity index (χ2v) is 4.78. The van der Waals surface area contributed by atoms with Crippen molar-refractivity contribution in [2.45, 2.75) is 26.7 Å². The van der Waals surface area contributed by atoms with Crippen molar-refractivity contribution in [3.05, 3.63) is 35.7 Å². The summed E-state index contributed by atoms with van der Waals surface area (Å²) in [6.07, 6.45) is 2.93. The van der Waals surface area contributed by atoms with E-state index in [1.807, 2.05) is 6.92 Å². The number of carbonyl (C=O) groups is 2. The predicted molar refractivity (Wildman–Crippen MR) is 78.3 cm³/mol. The molecule has 4 nitrogen and oxygen atoms in total. The molecule has 1 amide bonds. The molecule has 0 fully saturated rings. The summed E-state index contributed by atoms with van der Waals surface area (Å²) in [5.74, 6) is -1.31. The molecule has 21 heavy (non-hydrogen) atoms. The fraction of sp³-hybridized carbons (Fsp3) is 0.375. The van der Waals surface area contributed by atoms with Crippen molar-refractivity contribution in [1.29, 1.82) is 0 Å². The zero-order chi connectivity index (χ0) is 15.4. The molecule has 0 saturated carbocycles. The lowest BCUT2D eigenvalue weighted by atomic mass is 10.1. The molecule has 0 aliphatic carbocycles. The molecule has 5 heteroatoms. The van der Waals surface area contributed by atoms with Crippen LogP contribution in [-0.4, -0.2) is 25.0 Å². The fourth-order valence-corrected chi connectivity index (χ4v) is 2.31. The Bertz CT molecular complexity index is 595. The van der Waals surface area contributed by atoms with Gasteiger partial charge in [0, 0.05) is 18.2 Å². The number of fused-ring (bicyclic) bond motifs is 1. The summed E-state index contributed by atoms with van der Waals surface area (Å²) < 4.78 is 18.3. The van der Waals surface area contributed by atoms with Crippen LogP contribution < -0.4 is 4.90 Å². The first-order chi connectivity index (χ1) is 10.1. The van der Waals surface area contributed by atoms with Crippen molar-refractivity contribution in [2.75, 3.05) is 18.1 Å². The van der Waals surface area contributed by atoms with Gasteiger partial charge in [-0.2, -0.15) is 0 Å². The van der Waals surface area contributed by atoms with Crippen molar-refractivity contribution in [2.24, 2.45) is 0 Å². The van der Waals surface area contributed by atoms with E-state index in [4.69, 9.17) is 4.74 Å². The third-order valence-corrected chi connectivity index (χ3v) is 3.30. The lowest BCUT2D eigenvalue weighted by Gasteiger charge is -2.16. The van der Waals surface area contributed by atoms with Crippen LogP contribution in [0.5, 0.6) is 0 Å². The van der Waals surface area contributed by atoms with Gasteiger partial charge in [0.1, 0.15) is 5.82 Å². The molecule has 1 aliphatic heterocycles. The van der Waals surface area contributed by atoms with E-state index < -0.39 is 11.8 Å². The van der Waals surface area contributed by atoms with Crippen molar-refractivity contribution in [3.63, 3.8) is 0 Å². The maximum absolute atomic E-state index is 13.5. The second kappa shape index (κ2) is 6.52. The zero-order valence-corrected chi connectivity index (χ0v) is 12.2. The van der Waals surface area contributed by atoms with Crippen LogP contribution in [0.3, 0.4) is 0 Å². The number of nitrogens with zero attached hydrogens (tertiary/aromatic N) is 1. The Balaban J connectivity index is 2.41. The summed E-state index contributed by atoms with van der Waals surface area (Å²) in [6.45, 7) is 4.50. The predicted octanol–water partition coefficient (Wildman–Crippen LogP) is 2.92. The van der Waals surface area contributed by atoms with Crippen molar-refractivity contribution in [1.82, 2.24) is 0 Å². The van der Waals surface area contributed by atoms with Gasteiger partial charge in [-0.3, -0.25) is 4.79 Å². The van der Waals surface area contributed by atoms with Crippen molar-refractivity contribution >= 4 is 23.1 Å². The fourth-order valence-electron chi connectivity index (χ4n) is 2.31. The van der Waals surface area contributed by atoms with Crippen LogP contribution in [0.25, 0.3) is 5.57 Å². The summed E-state index contributed by atoms with van der Waals surface area (Å²) >= 11 is 0. The number of halogens is 1. The maximum Gasteiger partial charge on any atom is 0.331 e. The van der Waals surface area contributed by atoms with Crippen LogP contribution in [0.4, 0.5) is 10.1 Å². The number of benzene rings is 1. The number of ether oxygens (including phenoxy) is 1. The third kappa shape index (κ3) is 3.12. The van der Waals surface area contributed by atoms with Crippen LogP contribution in [0.1, 0.15) is 32.3 Å². The van der Waals surface area contributed by atoms with E-state index in [1.54, 1.807) is 17.9 Å². The smallest absolute Gasteiger partial charge is 0.331 e.